The van der Waals surface area contributed by atoms with Crippen LogP contribution >= 0.6 is 7.33 Å². The fourth-order valence-electron chi connectivity index (χ4n) is 0. The first-order valence-electron chi connectivity index (χ1n) is 1.06. The van der Waals surface area contributed by atoms with Crippen molar-refractivity contribution in [1.82, 2.24) is 0 Å². The maximum Gasteiger partial charge on any atom is 0.209 e. The molecule has 0 aliphatic heterocycles. The van der Waals surface area contributed by atoms with Crippen molar-refractivity contribution in [3.63, 3.8) is 0 Å². The van der Waals surface area contributed by atoms with Gasteiger partial charge in [-0.25, -0.2) is 0 Å². The van der Waals surface area contributed by atoms with E-state index < -0.39 is 7.33 Å². The summed E-state index contributed by atoms with van der Waals surface area (Å²) in [5.41, 5.74) is 0. The fourth-order valence-corrected chi connectivity index (χ4v) is 0. The Morgan fingerprint density at radius 3 is 2.00 bits per heavy atom. The molecule has 28 valence electrons. The Bertz CT molecular complexity index is 57.8. The monoisotopic (exact) mass is 92.0 g/mol. The lowest BCUT2D eigenvalue weighted by Gasteiger charge is -1.81. The summed E-state index contributed by atoms with van der Waals surface area (Å²) in [4.78, 5) is 0. The van der Waals surface area contributed by atoms with Crippen LogP contribution in [-0.4, -0.2) is 14.2 Å². The number of hydrogen-bond acceptors (Lipinski definition) is 1. The third-order valence-electron chi connectivity index (χ3n) is 0. The van der Waals surface area contributed by atoms with Crippen LogP contribution in [0.1, 0.15) is 0 Å². The summed E-state index contributed by atoms with van der Waals surface area (Å²) in [6, 6.07) is 0. The zero-order valence-electron chi connectivity index (χ0n) is 2.81. The molecular weight excluding hydrogens is 88.8 g/mol. The second kappa shape index (κ2) is 1.13. The van der Waals surface area contributed by atoms with Crippen LogP contribution in [-0.2, 0) is 4.57 Å². The minimum Gasteiger partial charge on any atom is -0.301 e. The normalized spacial score (nSPS) is 21.2. The number of hydrogen-bond donors (Lipinski definition) is 0. The second-order valence-corrected chi connectivity index (χ2v) is 2.65. The molecule has 0 saturated heterocycles. The molecule has 1 atom stereocenters. The Morgan fingerprint density at radius 1 is 2.00 bits per heavy atom. The second-order valence-electron chi connectivity index (χ2n) is 0.882. The maximum atomic E-state index is 11.0. The zero-order valence-corrected chi connectivity index (χ0v) is 3.71. The first kappa shape index (κ1) is 5.22. The van der Waals surface area contributed by atoms with E-state index in [4.69, 9.17) is 0 Å². The van der Waals surface area contributed by atoms with E-state index in [0.717, 1.165) is 6.66 Å². The highest BCUT2D eigenvalue weighted by Crippen LogP contribution is 2.34. The highest BCUT2D eigenvalue weighted by Gasteiger charge is 1.96. The topological polar surface area (TPSA) is 17.1 Å². The van der Waals surface area contributed by atoms with Crippen LogP contribution in [0.4, 0.5) is 4.20 Å². The smallest absolute Gasteiger partial charge is 0.209 e. The van der Waals surface area contributed by atoms with Crippen molar-refractivity contribution >= 4 is 14.9 Å². The van der Waals surface area contributed by atoms with Crippen LogP contribution in [0.25, 0.3) is 0 Å². The lowest BCUT2D eigenvalue weighted by molar-refractivity contribution is 0.559. The Hall–Kier alpha value is 0.225. The summed E-state index contributed by atoms with van der Waals surface area (Å²) in [5, 5.41) is 0. The predicted molar refractivity (Wildman–Crippen MR) is 20.4 cm³/mol. The third kappa shape index (κ3) is 413. The molecular formula is CH3BFOP. The van der Waals surface area contributed by atoms with Gasteiger partial charge >= 0.3 is 0 Å². The molecule has 0 bridgehead atoms. The van der Waals surface area contributed by atoms with E-state index in [9.17, 15) is 8.76 Å². The van der Waals surface area contributed by atoms with E-state index in [-0.39, 0.29) is 0 Å². The largest absolute Gasteiger partial charge is 0.301 e. The van der Waals surface area contributed by atoms with E-state index in [1.54, 1.807) is 0 Å². The van der Waals surface area contributed by atoms with Crippen molar-refractivity contribution in [2.45, 2.75) is 0 Å². The van der Waals surface area contributed by atoms with Crippen molar-refractivity contribution < 1.29 is 8.76 Å². The van der Waals surface area contributed by atoms with Gasteiger partial charge in [0.15, 0.2) is 7.33 Å². The zero-order chi connectivity index (χ0) is 4.50. The molecule has 0 amide bonds. The quantitative estimate of drug-likeness (QED) is 0.321. The van der Waals surface area contributed by atoms with Crippen LogP contribution in [0, 0.1) is 0 Å². The first-order chi connectivity index (χ1) is 2.00. The lowest BCUT2D eigenvalue weighted by Crippen LogP contribution is -1.56. The van der Waals surface area contributed by atoms with E-state index in [1.807, 2.05) is 0 Å². The highest BCUT2D eigenvalue weighted by atomic mass is 31.2. The molecule has 0 spiro atoms. The van der Waals surface area contributed by atoms with Gasteiger partial charge in [0.05, 0.1) is 0 Å². The Labute approximate surface area is 31.4 Å². The molecule has 4 heteroatoms. The van der Waals surface area contributed by atoms with Crippen molar-refractivity contribution in [2.75, 3.05) is 6.66 Å². The summed E-state index contributed by atoms with van der Waals surface area (Å²) >= 11 is 0. The summed E-state index contributed by atoms with van der Waals surface area (Å²) in [7, 11) is 0.604. The minimum absolute atomic E-state index is 0.854. The van der Waals surface area contributed by atoms with Gasteiger partial charge < -0.3 is 4.57 Å². The summed E-state index contributed by atoms with van der Waals surface area (Å²) in [5.74, 6) is 0. The molecule has 0 aromatic carbocycles. The highest BCUT2D eigenvalue weighted by molar-refractivity contribution is 7.82. The van der Waals surface area contributed by atoms with Crippen LogP contribution < -0.4 is 0 Å². The van der Waals surface area contributed by atoms with E-state index in [2.05, 4.69) is 7.57 Å². The summed E-state index contributed by atoms with van der Waals surface area (Å²) in [6.45, 7) is 0.854. The fraction of sp³-hybridized carbons (Fsp3) is 1.00. The van der Waals surface area contributed by atoms with Gasteiger partial charge in [0, 0.05) is 6.66 Å². The summed E-state index contributed by atoms with van der Waals surface area (Å²) in [6.07, 6.45) is 0. The van der Waals surface area contributed by atoms with Gasteiger partial charge in [0.25, 0.3) is 0 Å². The Balaban J connectivity index is 3.47. The van der Waals surface area contributed by atoms with Gasteiger partial charge in [-0.05, 0) is 0 Å². The molecule has 0 rings (SSSR count). The van der Waals surface area contributed by atoms with E-state index in [1.165, 1.54) is 0 Å². The average molecular weight is 91.8 g/mol. The molecule has 5 heavy (non-hydrogen) atoms. The van der Waals surface area contributed by atoms with Gasteiger partial charge in [0.1, 0.15) is 0 Å². The molecule has 0 saturated carbocycles. The summed E-state index contributed by atoms with van der Waals surface area (Å²) < 4.78 is 20.3. The van der Waals surface area contributed by atoms with Crippen LogP contribution in [0.5, 0.6) is 0 Å². The molecule has 0 N–H and O–H groups in total. The molecule has 0 aliphatic carbocycles. The number of halogens is 1. The van der Waals surface area contributed by atoms with Crippen molar-refractivity contribution in [1.29, 1.82) is 0 Å². The van der Waals surface area contributed by atoms with Gasteiger partial charge in [-0.1, -0.05) is 0 Å². The van der Waals surface area contributed by atoms with E-state index >= 15 is 0 Å². The molecule has 0 fully saturated rings. The van der Waals surface area contributed by atoms with E-state index in [0.29, 0.717) is 0 Å². The van der Waals surface area contributed by atoms with Crippen molar-refractivity contribution in [2.24, 2.45) is 0 Å². The van der Waals surface area contributed by atoms with Crippen LogP contribution in [0.3, 0.4) is 0 Å². The number of rotatable bonds is 0. The average Bonchev–Trinajstić information content (AvgIpc) is 0.722. The molecule has 2 radical (unpaired) electrons. The van der Waals surface area contributed by atoms with Crippen LogP contribution in [0.2, 0.25) is 0 Å². The Kier molecular flexibility index (Phi) is 1.18. The third-order valence-corrected chi connectivity index (χ3v) is 0. The predicted octanol–water partition coefficient (Wildman–Crippen LogP) is 0.947. The van der Waals surface area contributed by atoms with Gasteiger partial charge in [0.2, 0.25) is 7.57 Å². The minimum atomic E-state index is -3.64. The molecule has 1 nitrogen and oxygen atoms in total. The van der Waals surface area contributed by atoms with Gasteiger partial charge in [-0.15, -0.1) is 0 Å². The van der Waals surface area contributed by atoms with Gasteiger partial charge in [-0.3, -0.25) is 0 Å². The Morgan fingerprint density at radius 2 is 2.00 bits per heavy atom. The lowest BCUT2D eigenvalue weighted by atomic mass is 10.8. The molecule has 0 aromatic heterocycles. The standard InChI is InChI=1S/CH3BFOP/c1-5(2,3)4/h1H3. The maximum absolute atomic E-state index is 11.0. The first-order valence-corrected chi connectivity index (χ1v) is 3.17. The molecule has 0 aromatic rings. The van der Waals surface area contributed by atoms with Crippen LogP contribution in [0.15, 0.2) is 0 Å². The molecule has 0 aliphatic rings. The van der Waals surface area contributed by atoms with Gasteiger partial charge in [-0.2, -0.15) is 4.20 Å². The van der Waals surface area contributed by atoms with Crippen molar-refractivity contribution in [3.05, 3.63) is 0 Å². The molecule has 1 unspecified atom stereocenters. The van der Waals surface area contributed by atoms with Crippen molar-refractivity contribution in [3.8, 4) is 0 Å². The SMILES string of the molecule is [B]P(C)(=O)F. The molecule has 0 heterocycles.